The summed E-state index contributed by atoms with van der Waals surface area (Å²) in [7, 11) is -1.81. The number of hydrogen-bond donors (Lipinski definition) is 3. The molecule has 0 saturated carbocycles. The molecule has 0 aliphatic heterocycles. The highest BCUT2D eigenvalue weighted by molar-refractivity contribution is 7.90. The molecule has 1 rings (SSSR count). The molecule has 0 aliphatic rings. The molecular formula is C11H16N4O4S2. The molecule has 0 atom stereocenters. The van der Waals surface area contributed by atoms with Crippen molar-refractivity contribution in [2.75, 3.05) is 31.7 Å². The molecule has 0 amide bonds. The summed E-state index contributed by atoms with van der Waals surface area (Å²) >= 11 is 4.89. The quantitative estimate of drug-likeness (QED) is 0.299. The monoisotopic (exact) mass is 332 g/mol. The Morgan fingerprint density at radius 1 is 1.38 bits per heavy atom. The largest absolute Gasteiger partial charge is 0.378 e. The first-order valence-corrected chi connectivity index (χ1v) is 8.23. The molecule has 1 aromatic carbocycles. The number of rotatable bonds is 6. The summed E-state index contributed by atoms with van der Waals surface area (Å²) in [5.74, 6) is 0. The molecule has 0 aromatic heterocycles. The Kier molecular flexibility index (Phi) is 5.85. The van der Waals surface area contributed by atoms with E-state index in [-0.39, 0.29) is 16.3 Å². The summed E-state index contributed by atoms with van der Waals surface area (Å²) in [6, 6.07) is 3.75. The molecular weight excluding hydrogens is 316 g/mol. The van der Waals surface area contributed by atoms with Crippen molar-refractivity contribution in [1.29, 1.82) is 0 Å². The van der Waals surface area contributed by atoms with E-state index >= 15 is 0 Å². The fourth-order valence-electron chi connectivity index (χ4n) is 1.50. The smallest absolute Gasteiger partial charge is 0.293 e. The molecule has 0 radical (unpaired) electrons. The lowest BCUT2D eigenvalue weighted by atomic mass is 10.2. The highest BCUT2D eigenvalue weighted by Gasteiger charge is 2.18. The summed E-state index contributed by atoms with van der Waals surface area (Å²) in [6.45, 7) is 0.853. The Bertz CT molecular complexity index is 646. The minimum Gasteiger partial charge on any atom is -0.378 e. The van der Waals surface area contributed by atoms with Crippen LogP contribution < -0.4 is 16.0 Å². The molecule has 0 unspecified atom stereocenters. The number of nitrogens with one attached hydrogen (secondary N) is 3. The van der Waals surface area contributed by atoms with Gasteiger partial charge in [0.05, 0.1) is 9.82 Å². The minimum absolute atomic E-state index is 0.0887. The molecule has 0 aliphatic carbocycles. The van der Waals surface area contributed by atoms with Gasteiger partial charge in [-0.3, -0.25) is 10.1 Å². The highest BCUT2D eigenvalue weighted by Crippen LogP contribution is 2.27. The van der Waals surface area contributed by atoms with Crippen LogP contribution in [0.25, 0.3) is 0 Å². The van der Waals surface area contributed by atoms with E-state index in [2.05, 4.69) is 16.0 Å². The zero-order chi connectivity index (χ0) is 16.0. The van der Waals surface area contributed by atoms with Crippen molar-refractivity contribution in [3.8, 4) is 0 Å². The van der Waals surface area contributed by atoms with Gasteiger partial charge in [0, 0.05) is 32.5 Å². The van der Waals surface area contributed by atoms with Crippen LogP contribution in [-0.4, -0.2) is 44.8 Å². The van der Waals surface area contributed by atoms with Crippen LogP contribution in [0.15, 0.2) is 23.1 Å². The average Bonchev–Trinajstić information content (AvgIpc) is 2.41. The van der Waals surface area contributed by atoms with Crippen molar-refractivity contribution in [2.24, 2.45) is 0 Å². The van der Waals surface area contributed by atoms with Crippen LogP contribution >= 0.6 is 12.2 Å². The first kappa shape index (κ1) is 17.1. The minimum atomic E-state index is -3.49. The van der Waals surface area contributed by atoms with E-state index in [9.17, 15) is 18.5 Å². The van der Waals surface area contributed by atoms with E-state index in [0.717, 1.165) is 12.3 Å². The Hall–Kier alpha value is -1.94. The van der Waals surface area contributed by atoms with Gasteiger partial charge in [-0.15, -0.1) is 0 Å². The maximum atomic E-state index is 11.4. The lowest BCUT2D eigenvalue weighted by Gasteiger charge is -2.10. The van der Waals surface area contributed by atoms with Crippen LogP contribution in [0.1, 0.15) is 0 Å². The summed E-state index contributed by atoms with van der Waals surface area (Å²) in [4.78, 5) is 10.3. The first-order valence-electron chi connectivity index (χ1n) is 5.93. The number of benzene rings is 1. The molecule has 8 nitrogen and oxygen atoms in total. The van der Waals surface area contributed by atoms with Crippen LogP contribution in [0.4, 0.5) is 11.4 Å². The predicted molar refractivity (Wildman–Crippen MR) is 84.4 cm³/mol. The van der Waals surface area contributed by atoms with Gasteiger partial charge in [-0.25, -0.2) is 8.42 Å². The number of anilines is 1. The third-order valence-electron chi connectivity index (χ3n) is 2.55. The number of nitro groups is 1. The second kappa shape index (κ2) is 7.18. The standard InChI is InChI=1S/C11H16N4O4S2/c1-12-11(20)14-6-5-13-9-4-3-8(21(2,18)19)7-10(9)15(16)17/h3-4,7,13H,5-6H2,1-2H3,(H2,12,14,20). The molecule has 116 valence electrons. The second-order valence-corrected chi connectivity index (χ2v) is 6.56. The fourth-order valence-corrected chi connectivity index (χ4v) is 2.25. The van der Waals surface area contributed by atoms with E-state index in [1.165, 1.54) is 12.1 Å². The summed E-state index contributed by atoms with van der Waals surface area (Å²) < 4.78 is 22.8. The predicted octanol–water partition coefficient (Wildman–Crippen LogP) is 0.504. The Morgan fingerprint density at radius 3 is 2.57 bits per heavy atom. The van der Waals surface area contributed by atoms with Crippen LogP contribution in [0.2, 0.25) is 0 Å². The number of nitrogens with zero attached hydrogens (tertiary/aromatic N) is 1. The van der Waals surface area contributed by atoms with Crippen LogP contribution in [0, 0.1) is 10.1 Å². The third kappa shape index (κ3) is 5.16. The maximum absolute atomic E-state index is 11.4. The number of hydrogen-bond acceptors (Lipinski definition) is 6. The van der Waals surface area contributed by atoms with Crippen LogP contribution in [-0.2, 0) is 9.84 Å². The molecule has 21 heavy (non-hydrogen) atoms. The van der Waals surface area contributed by atoms with Gasteiger partial charge in [-0.1, -0.05) is 0 Å². The van der Waals surface area contributed by atoms with E-state index in [1.807, 2.05) is 0 Å². The highest BCUT2D eigenvalue weighted by atomic mass is 32.2. The Morgan fingerprint density at radius 2 is 2.05 bits per heavy atom. The van der Waals surface area contributed by atoms with Gasteiger partial charge in [0.1, 0.15) is 5.69 Å². The summed E-state index contributed by atoms with van der Waals surface area (Å²) in [5.41, 5.74) is -0.0290. The van der Waals surface area contributed by atoms with E-state index in [4.69, 9.17) is 12.2 Å². The zero-order valence-electron chi connectivity index (χ0n) is 11.5. The normalized spacial score (nSPS) is 10.8. The molecule has 3 N–H and O–H groups in total. The van der Waals surface area contributed by atoms with Crippen molar-refractivity contribution >= 4 is 38.5 Å². The number of sulfone groups is 1. The maximum Gasteiger partial charge on any atom is 0.293 e. The third-order valence-corrected chi connectivity index (χ3v) is 4.01. The van der Waals surface area contributed by atoms with E-state index in [0.29, 0.717) is 18.2 Å². The molecule has 0 bridgehead atoms. The molecule has 0 fully saturated rings. The molecule has 0 heterocycles. The van der Waals surface area contributed by atoms with Gasteiger partial charge in [-0.2, -0.15) is 0 Å². The SMILES string of the molecule is CNC(=S)NCCNc1ccc(S(C)(=O)=O)cc1[N+](=O)[O-]. The van der Waals surface area contributed by atoms with Crippen molar-refractivity contribution in [2.45, 2.75) is 4.90 Å². The van der Waals surface area contributed by atoms with Gasteiger partial charge in [0.2, 0.25) is 0 Å². The lowest BCUT2D eigenvalue weighted by molar-refractivity contribution is -0.384. The molecule has 1 aromatic rings. The van der Waals surface area contributed by atoms with E-state index < -0.39 is 14.8 Å². The Labute approximate surface area is 128 Å². The fraction of sp³-hybridized carbons (Fsp3) is 0.364. The number of nitro benzene ring substituents is 1. The van der Waals surface area contributed by atoms with Gasteiger partial charge in [0.15, 0.2) is 14.9 Å². The van der Waals surface area contributed by atoms with Gasteiger partial charge >= 0.3 is 0 Å². The van der Waals surface area contributed by atoms with Crippen molar-refractivity contribution in [3.05, 3.63) is 28.3 Å². The Balaban J connectivity index is 2.83. The second-order valence-electron chi connectivity index (χ2n) is 4.14. The van der Waals surface area contributed by atoms with Crippen LogP contribution in [0.5, 0.6) is 0 Å². The van der Waals surface area contributed by atoms with E-state index in [1.54, 1.807) is 7.05 Å². The van der Waals surface area contributed by atoms with Gasteiger partial charge < -0.3 is 16.0 Å². The average molecular weight is 332 g/mol. The van der Waals surface area contributed by atoms with Crippen molar-refractivity contribution < 1.29 is 13.3 Å². The van der Waals surface area contributed by atoms with Crippen molar-refractivity contribution in [1.82, 2.24) is 10.6 Å². The summed E-state index contributed by atoms with van der Waals surface area (Å²) in [5, 5.41) is 20.0. The summed E-state index contributed by atoms with van der Waals surface area (Å²) in [6.07, 6.45) is 1.00. The number of thiocarbonyl (C=S) groups is 1. The van der Waals surface area contributed by atoms with Gasteiger partial charge in [0.25, 0.3) is 5.69 Å². The van der Waals surface area contributed by atoms with Gasteiger partial charge in [-0.05, 0) is 24.4 Å². The van der Waals surface area contributed by atoms with Crippen LogP contribution in [0.3, 0.4) is 0 Å². The lowest BCUT2D eigenvalue weighted by Crippen LogP contribution is -2.35. The van der Waals surface area contributed by atoms with Crippen molar-refractivity contribution in [3.63, 3.8) is 0 Å². The topological polar surface area (TPSA) is 113 Å². The zero-order valence-corrected chi connectivity index (χ0v) is 13.2. The molecule has 0 saturated heterocycles. The molecule has 0 spiro atoms. The first-order chi connectivity index (χ1) is 9.75. The molecule has 10 heteroatoms.